The molecule has 142 valence electrons. The lowest BCUT2D eigenvalue weighted by atomic mass is 10.1. The van der Waals surface area contributed by atoms with Crippen molar-refractivity contribution in [2.24, 2.45) is 14.1 Å². The minimum atomic E-state index is -0.490. The minimum Gasteiger partial charge on any atom is -0.355 e. The van der Waals surface area contributed by atoms with E-state index in [2.05, 4.69) is 38.4 Å². The molecule has 0 aliphatic heterocycles. The highest BCUT2D eigenvalue weighted by molar-refractivity contribution is 9.10. The van der Waals surface area contributed by atoms with Crippen LogP contribution in [-0.4, -0.2) is 31.1 Å². The lowest BCUT2D eigenvalue weighted by Crippen LogP contribution is -2.38. The molecular weight excluding hydrogens is 414 g/mol. The van der Waals surface area contributed by atoms with Crippen LogP contribution in [0.4, 0.5) is 0 Å². The summed E-state index contributed by atoms with van der Waals surface area (Å²) < 4.78 is 4.16. The molecule has 0 spiro atoms. The summed E-state index contributed by atoms with van der Waals surface area (Å²) in [6, 6.07) is 10.1. The number of imidazole rings is 1. The molecule has 0 aliphatic rings. The number of aryl methyl sites for hydroxylation is 2. The summed E-state index contributed by atoms with van der Waals surface area (Å²) in [5, 5.41) is 2.86. The van der Waals surface area contributed by atoms with E-state index in [1.807, 2.05) is 18.2 Å². The lowest BCUT2D eigenvalue weighted by Gasteiger charge is -2.10. The van der Waals surface area contributed by atoms with Gasteiger partial charge in [-0.05, 0) is 34.3 Å². The molecule has 3 aromatic rings. The number of hydrogen-bond acceptors (Lipinski definition) is 4. The molecule has 27 heavy (non-hydrogen) atoms. The Hall–Kier alpha value is -2.68. The largest absolute Gasteiger partial charge is 0.355 e. The number of nitrogens with zero attached hydrogens (tertiary/aromatic N) is 4. The number of amides is 1. The summed E-state index contributed by atoms with van der Waals surface area (Å²) in [5.74, 6) is -0.212. The second-order valence-corrected chi connectivity index (χ2v) is 6.99. The highest BCUT2D eigenvalue weighted by Gasteiger charge is 2.19. The molecular formula is C18H20BrN5O3. The molecule has 2 aromatic heterocycles. The smallest absolute Gasteiger partial charge is 0.332 e. The fourth-order valence-corrected chi connectivity index (χ4v) is 3.44. The van der Waals surface area contributed by atoms with E-state index in [-0.39, 0.29) is 18.0 Å². The quantitative estimate of drug-likeness (QED) is 0.462. The number of carbonyl (C=O) groups is 1. The Morgan fingerprint density at radius 3 is 2.56 bits per heavy atom. The summed E-state index contributed by atoms with van der Waals surface area (Å²) in [4.78, 5) is 40.9. The molecule has 0 aliphatic carbocycles. The predicted molar refractivity (Wildman–Crippen MR) is 106 cm³/mol. The van der Waals surface area contributed by atoms with Gasteiger partial charge in [0.2, 0.25) is 5.91 Å². The zero-order valence-electron chi connectivity index (χ0n) is 15.1. The van der Waals surface area contributed by atoms with E-state index in [0.29, 0.717) is 16.9 Å². The second-order valence-electron chi connectivity index (χ2n) is 6.28. The van der Waals surface area contributed by atoms with E-state index in [4.69, 9.17) is 0 Å². The van der Waals surface area contributed by atoms with Gasteiger partial charge in [-0.1, -0.05) is 30.3 Å². The van der Waals surface area contributed by atoms with Crippen LogP contribution in [0.2, 0.25) is 0 Å². The zero-order chi connectivity index (χ0) is 19.6. The van der Waals surface area contributed by atoms with Gasteiger partial charge in [0.1, 0.15) is 6.54 Å². The Morgan fingerprint density at radius 1 is 1.15 bits per heavy atom. The second kappa shape index (κ2) is 7.91. The summed E-state index contributed by atoms with van der Waals surface area (Å²) in [5.41, 5.74) is 0.721. The number of hydrogen-bond donors (Lipinski definition) is 1. The summed E-state index contributed by atoms with van der Waals surface area (Å²) in [6.07, 6.45) is 1.70. The number of aromatic nitrogens is 4. The predicted octanol–water partition coefficient (Wildman–Crippen LogP) is 0.945. The Kier molecular flexibility index (Phi) is 5.59. The first-order chi connectivity index (χ1) is 12.9. The van der Waals surface area contributed by atoms with Crippen molar-refractivity contribution in [3.8, 4) is 0 Å². The number of benzene rings is 1. The molecule has 2 heterocycles. The fourth-order valence-electron chi connectivity index (χ4n) is 2.97. The standard InChI is InChI=1S/C18H20BrN5O3/c1-22-15-14(16(26)23(2)18(22)27)21-17(19)24(15)11-13(25)20-10-6-9-12-7-4-3-5-8-12/h3-5,7-8H,6,9-11H2,1-2H3,(H,20,25). The average molecular weight is 434 g/mol. The summed E-state index contributed by atoms with van der Waals surface area (Å²) >= 11 is 3.28. The Labute approximate surface area is 163 Å². The van der Waals surface area contributed by atoms with E-state index in [0.717, 1.165) is 17.4 Å². The van der Waals surface area contributed by atoms with Crippen LogP contribution < -0.4 is 16.6 Å². The molecule has 8 nitrogen and oxygen atoms in total. The zero-order valence-corrected chi connectivity index (χ0v) is 16.7. The molecule has 3 rings (SSSR count). The van der Waals surface area contributed by atoms with Crippen molar-refractivity contribution in [2.45, 2.75) is 19.4 Å². The highest BCUT2D eigenvalue weighted by atomic mass is 79.9. The molecule has 0 saturated heterocycles. The van der Waals surface area contributed by atoms with Crippen molar-refractivity contribution >= 4 is 33.0 Å². The normalized spacial score (nSPS) is 11.1. The van der Waals surface area contributed by atoms with Crippen LogP contribution in [0.1, 0.15) is 12.0 Å². The minimum absolute atomic E-state index is 0.0388. The van der Waals surface area contributed by atoms with Gasteiger partial charge in [0.05, 0.1) is 0 Å². The first-order valence-corrected chi connectivity index (χ1v) is 9.32. The van der Waals surface area contributed by atoms with Crippen LogP contribution >= 0.6 is 15.9 Å². The van der Waals surface area contributed by atoms with E-state index >= 15 is 0 Å². The molecule has 0 saturated carbocycles. The topological polar surface area (TPSA) is 90.9 Å². The number of nitrogens with one attached hydrogen (secondary N) is 1. The monoisotopic (exact) mass is 433 g/mol. The Morgan fingerprint density at radius 2 is 1.85 bits per heavy atom. The maximum atomic E-state index is 12.3. The lowest BCUT2D eigenvalue weighted by molar-refractivity contribution is -0.121. The molecule has 0 unspecified atom stereocenters. The molecule has 0 fully saturated rings. The van der Waals surface area contributed by atoms with E-state index in [1.54, 1.807) is 7.05 Å². The van der Waals surface area contributed by atoms with Crippen LogP contribution in [0.5, 0.6) is 0 Å². The van der Waals surface area contributed by atoms with E-state index in [1.165, 1.54) is 21.7 Å². The van der Waals surface area contributed by atoms with Crippen molar-refractivity contribution in [1.82, 2.24) is 24.0 Å². The van der Waals surface area contributed by atoms with Gasteiger partial charge in [-0.25, -0.2) is 9.78 Å². The third-order valence-corrected chi connectivity index (χ3v) is 5.01. The average Bonchev–Trinajstić information content (AvgIpc) is 2.99. The van der Waals surface area contributed by atoms with Gasteiger partial charge in [-0.15, -0.1) is 0 Å². The van der Waals surface area contributed by atoms with Gasteiger partial charge in [0.25, 0.3) is 5.56 Å². The van der Waals surface area contributed by atoms with Gasteiger partial charge in [0.15, 0.2) is 15.9 Å². The third kappa shape index (κ3) is 3.87. The van der Waals surface area contributed by atoms with Crippen LogP contribution in [0.3, 0.4) is 0 Å². The van der Waals surface area contributed by atoms with Crippen molar-refractivity contribution in [3.05, 3.63) is 61.5 Å². The van der Waals surface area contributed by atoms with Crippen molar-refractivity contribution < 1.29 is 4.79 Å². The van der Waals surface area contributed by atoms with Gasteiger partial charge < -0.3 is 5.32 Å². The van der Waals surface area contributed by atoms with Gasteiger partial charge in [0, 0.05) is 20.6 Å². The van der Waals surface area contributed by atoms with Gasteiger partial charge in [-0.2, -0.15) is 0 Å². The Bertz CT molecular complexity index is 1100. The molecule has 1 N–H and O–H groups in total. The highest BCUT2D eigenvalue weighted by Crippen LogP contribution is 2.16. The number of rotatable bonds is 6. The third-order valence-electron chi connectivity index (χ3n) is 4.40. The number of halogens is 1. The Balaban J connectivity index is 1.71. The summed E-state index contributed by atoms with van der Waals surface area (Å²) in [6.45, 7) is 0.502. The molecule has 9 heteroatoms. The van der Waals surface area contributed by atoms with Crippen LogP contribution in [0.15, 0.2) is 44.7 Å². The molecule has 0 radical (unpaired) electrons. The molecule has 0 bridgehead atoms. The maximum absolute atomic E-state index is 12.3. The number of carbonyl (C=O) groups excluding carboxylic acids is 1. The van der Waals surface area contributed by atoms with E-state index < -0.39 is 11.2 Å². The van der Waals surface area contributed by atoms with E-state index in [9.17, 15) is 14.4 Å². The van der Waals surface area contributed by atoms with Crippen molar-refractivity contribution in [3.63, 3.8) is 0 Å². The molecule has 0 atom stereocenters. The molecule has 1 aromatic carbocycles. The van der Waals surface area contributed by atoms with Crippen molar-refractivity contribution in [2.75, 3.05) is 6.54 Å². The molecule has 1 amide bonds. The number of fused-ring (bicyclic) bond motifs is 1. The van der Waals surface area contributed by atoms with Crippen LogP contribution in [0, 0.1) is 0 Å². The fraction of sp³-hybridized carbons (Fsp3) is 0.333. The summed E-state index contributed by atoms with van der Waals surface area (Å²) in [7, 11) is 2.95. The maximum Gasteiger partial charge on any atom is 0.332 e. The first-order valence-electron chi connectivity index (χ1n) is 8.52. The SMILES string of the molecule is Cn1c(=O)c2nc(Br)n(CC(=O)NCCCc3ccccc3)c2n(C)c1=O. The van der Waals surface area contributed by atoms with Gasteiger partial charge >= 0.3 is 5.69 Å². The van der Waals surface area contributed by atoms with Crippen LogP contribution in [-0.2, 0) is 31.9 Å². The van der Waals surface area contributed by atoms with Crippen LogP contribution in [0.25, 0.3) is 11.2 Å². The first kappa shape index (κ1) is 19.1. The van der Waals surface area contributed by atoms with Crippen molar-refractivity contribution in [1.29, 1.82) is 0 Å². The van der Waals surface area contributed by atoms with Gasteiger partial charge in [-0.3, -0.25) is 23.3 Å².